The van der Waals surface area contributed by atoms with Crippen molar-refractivity contribution < 1.29 is 0 Å². The predicted octanol–water partition coefficient (Wildman–Crippen LogP) is 5.16. The van der Waals surface area contributed by atoms with Crippen LogP contribution in [0.15, 0.2) is 71.3 Å². The van der Waals surface area contributed by atoms with Crippen molar-refractivity contribution in [3.8, 4) is 0 Å². The van der Waals surface area contributed by atoms with Crippen LogP contribution >= 0.6 is 15.9 Å². The van der Waals surface area contributed by atoms with E-state index in [4.69, 9.17) is 0 Å². The van der Waals surface area contributed by atoms with Crippen LogP contribution in [0.1, 0.15) is 18.5 Å². The molecule has 2 N–H and O–H groups in total. The summed E-state index contributed by atoms with van der Waals surface area (Å²) >= 11 is 3.43. The second kappa shape index (κ2) is 7.24. The third kappa shape index (κ3) is 4.29. The summed E-state index contributed by atoms with van der Waals surface area (Å²) in [7, 11) is 0. The number of halogens is 1. The van der Waals surface area contributed by atoms with Gasteiger partial charge in [0.2, 0.25) is 5.95 Å². The molecular formula is C18H17BrN4. The molecule has 0 aliphatic carbocycles. The van der Waals surface area contributed by atoms with Crippen LogP contribution in [0.25, 0.3) is 0 Å². The van der Waals surface area contributed by atoms with Gasteiger partial charge in [-0.25, -0.2) is 4.98 Å². The van der Waals surface area contributed by atoms with Crippen LogP contribution in [0, 0.1) is 0 Å². The van der Waals surface area contributed by atoms with Crippen LogP contribution in [-0.4, -0.2) is 9.97 Å². The highest BCUT2D eigenvalue weighted by molar-refractivity contribution is 9.10. The Morgan fingerprint density at radius 3 is 2.43 bits per heavy atom. The Morgan fingerprint density at radius 2 is 1.70 bits per heavy atom. The second-order valence-electron chi connectivity index (χ2n) is 5.17. The first-order chi connectivity index (χ1) is 11.2. The number of nitrogens with one attached hydrogen (secondary N) is 2. The average molecular weight is 369 g/mol. The van der Waals surface area contributed by atoms with E-state index in [2.05, 4.69) is 55.6 Å². The lowest BCUT2D eigenvalue weighted by atomic mass is 10.1. The molecule has 1 heterocycles. The van der Waals surface area contributed by atoms with Gasteiger partial charge in [0, 0.05) is 16.4 Å². The maximum absolute atomic E-state index is 4.51. The van der Waals surface area contributed by atoms with Crippen molar-refractivity contribution in [2.45, 2.75) is 13.0 Å². The third-order valence-corrected chi connectivity index (χ3v) is 3.95. The summed E-state index contributed by atoms with van der Waals surface area (Å²) in [6, 6.07) is 20.2. The molecule has 1 aromatic heterocycles. The molecule has 0 aliphatic heterocycles. The van der Waals surface area contributed by atoms with Gasteiger partial charge in [0.05, 0.1) is 6.04 Å². The van der Waals surface area contributed by atoms with Gasteiger partial charge in [0.1, 0.15) is 5.82 Å². The van der Waals surface area contributed by atoms with Crippen molar-refractivity contribution >= 4 is 33.4 Å². The summed E-state index contributed by atoms with van der Waals surface area (Å²) in [6.07, 6.45) is 1.74. The van der Waals surface area contributed by atoms with Gasteiger partial charge in [-0.3, -0.25) is 0 Å². The van der Waals surface area contributed by atoms with E-state index in [1.54, 1.807) is 6.20 Å². The lowest BCUT2D eigenvalue weighted by Gasteiger charge is -2.14. The van der Waals surface area contributed by atoms with Crippen molar-refractivity contribution in [2.75, 3.05) is 10.6 Å². The van der Waals surface area contributed by atoms with Crippen molar-refractivity contribution in [1.29, 1.82) is 0 Å². The highest BCUT2D eigenvalue weighted by atomic mass is 79.9. The van der Waals surface area contributed by atoms with Gasteiger partial charge in [-0.15, -0.1) is 0 Å². The fourth-order valence-electron chi connectivity index (χ4n) is 2.20. The Kier molecular flexibility index (Phi) is 4.88. The average Bonchev–Trinajstić information content (AvgIpc) is 2.58. The molecule has 116 valence electrons. The lowest BCUT2D eigenvalue weighted by Crippen LogP contribution is -2.09. The minimum atomic E-state index is 0.138. The summed E-state index contributed by atoms with van der Waals surface area (Å²) < 4.78 is 1.05. The van der Waals surface area contributed by atoms with Gasteiger partial charge < -0.3 is 10.6 Å². The fraction of sp³-hybridized carbons (Fsp3) is 0.111. The first-order valence-corrected chi connectivity index (χ1v) is 8.17. The van der Waals surface area contributed by atoms with E-state index in [0.29, 0.717) is 5.95 Å². The zero-order chi connectivity index (χ0) is 16.1. The normalized spacial score (nSPS) is 11.7. The minimum Gasteiger partial charge on any atom is -0.348 e. The van der Waals surface area contributed by atoms with Crippen LogP contribution < -0.4 is 10.6 Å². The van der Waals surface area contributed by atoms with Crippen molar-refractivity contribution in [2.24, 2.45) is 0 Å². The molecule has 0 bridgehead atoms. The Hall–Kier alpha value is -2.40. The standard InChI is InChI=1S/C18H17BrN4/c1-13(14-5-3-2-4-6-14)21-18-20-12-11-17(23-18)22-16-9-7-15(19)8-10-16/h2-13H,1H3,(H2,20,21,22,23). The predicted molar refractivity (Wildman–Crippen MR) is 97.9 cm³/mol. The van der Waals surface area contributed by atoms with Gasteiger partial charge >= 0.3 is 0 Å². The molecule has 3 aromatic rings. The number of benzene rings is 2. The fourth-order valence-corrected chi connectivity index (χ4v) is 2.46. The molecule has 0 spiro atoms. The maximum atomic E-state index is 4.51. The van der Waals surface area contributed by atoms with E-state index in [9.17, 15) is 0 Å². The summed E-state index contributed by atoms with van der Waals surface area (Å²) in [6.45, 7) is 2.09. The number of nitrogens with zero attached hydrogens (tertiary/aromatic N) is 2. The number of hydrogen-bond donors (Lipinski definition) is 2. The number of anilines is 3. The first kappa shape index (κ1) is 15.5. The first-order valence-electron chi connectivity index (χ1n) is 7.38. The van der Waals surface area contributed by atoms with Crippen molar-refractivity contribution in [3.63, 3.8) is 0 Å². The molecule has 1 atom stereocenters. The molecule has 0 fully saturated rings. The lowest BCUT2D eigenvalue weighted by molar-refractivity contribution is 0.861. The van der Waals surface area contributed by atoms with Gasteiger partial charge in [-0.2, -0.15) is 4.98 Å². The molecule has 0 saturated carbocycles. The molecular weight excluding hydrogens is 352 g/mol. The molecule has 0 saturated heterocycles. The van der Waals surface area contributed by atoms with E-state index < -0.39 is 0 Å². The molecule has 0 aliphatic rings. The second-order valence-corrected chi connectivity index (χ2v) is 6.09. The Bertz CT molecular complexity index is 759. The smallest absolute Gasteiger partial charge is 0.225 e. The molecule has 5 heteroatoms. The van der Waals surface area contributed by atoms with E-state index >= 15 is 0 Å². The minimum absolute atomic E-state index is 0.138. The molecule has 1 unspecified atom stereocenters. The quantitative estimate of drug-likeness (QED) is 0.653. The van der Waals surface area contributed by atoms with Crippen LogP contribution in [-0.2, 0) is 0 Å². The zero-order valence-electron chi connectivity index (χ0n) is 12.7. The Labute approximate surface area is 144 Å². The summed E-state index contributed by atoms with van der Waals surface area (Å²) in [5.41, 5.74) is 2.18. The maximum Gasteiger partial charge on any atom is 0.225 e. The SMILES string of the molecule is CC(Nc1nccc(Nc2ccc(Br)cc2)n1)c1ccccc1. The topological polar surface area (TPSA) is 49.8 Å². The number of rotatable bonds is 5. The van der Waals surface area contributed by atoms with E-state index in [1.807, 2.05) is 48.5 Å². The van der Waals surface area contributed by atoms with Crippen LogP contribution in [0.2, 0.25) is 0 Å². The number of aromatic nitrogens is 2. The highest BCUT2D eigenvalue weighted by Crippen LogP contribution is 2.20. The summed E-state index contributed by atoms with van der Waals surface area (Å²) in [5.74, 6) is 1.36. The summed E-state index contributed by atoms with van der Waals surface area (Å²) in [4.78, 5) is 8.80. The van der Waals surface area contributed by atoms with Crippen molar-refractivity contribution in [1.82, 2.24) is 9.97 Å². The molecule has 23 heavy (non-hydrogen) atoms. The third-order valence-electron chi connectivity index (χ3n) is 3.42. The molecule has 0 radical (unpaired) electrons. The number of hydrogen-bond acceptors (Lipinski definition) is 4. The Balaban J connectivity index is 1.71. The van der Waals surface area contributed by atoms with Gasteiger partial charge in [-0.05, 0) is 42.8 Å². The monoisotopic (exact) mass is 368 g/mol. The van der Waals surface area contributed by atoms with Crippen LogP contribution in [0.4, 0.5) is 17.5 Å². The molecule has 0 amide bonds. The van der Waals surface area contributed by atoms with Gasteiger partial charge in [-0.1, -0.05) is 46.3 Å². The molecule has 3 rings (SSSR count). The molecule has 4 nitrogen and oxygen atoms in total. The van der Waals surface area contributed by atoms with Gasteiger partial charge in [0.25, 0.3) is 0 Å². The largest absolute Gasteiger partial charge is 0.348 e. The molecule has 2 aromatic carbocycles. The van der Waals surface area contributed by atoms with Crippen LogP contribution in [0.5, 0.6) is 0 Å². The van der Waals surface area contributed by atoms with Gasteiger partial charge in [0.15, 0.2) is 0 Å². The van der Waals surface area contributed by atoms with E-state index in [0.717, 1.165) is 16.0 Å². The van der Waals surface area contributed by atoms with E-state index in [1.165, 1.54) is 5.56 Å². The summed E-state index contributed by atoms with van der Waals surface area (Å²) in [5, 5.41) is 6.60. The van der Waals surface area contributed by atoms with Crippen LogP contribution in [0.3, 0.4) is 0 Å². The van der Waals surface area contributed by atoms with E-state index in [-0.39, 0.29) is 6.04 Å². The van der Waals surface area contributed by atoms with Crippen molar-refractivity contribution in [3.05, 3.63) is 76.9 Å². The highest BCUT2D eigenvalue weighted by Gasteiger charge is 2.07. The zero-order valence-corrected chi connectivity index (χ0v) is 14.3. The Morgan fingerprint density at radius 1 is 0.957 bits per heavy atom.